The summed E-state index contributed by atoms with van der Waals surface area (Å²) in [6, 6.07) is 4.09. The third-order valence-electron chi connectivity index (χ3n) is 3.44. The molecule has 22 heavy (non-hydrogen) atoms. The Hall–Kier alpha value is -1.15. The summed E-state index contributed by atoms with van der Waals surface area (Å²) in [5, 5.41) is 11.9. The minimum Gasteiger partial charge on any atom is -0.392 e. The number of benzene rings is 1. The first-order valence-electron chi connectivity index (χ1n) is 7.08. The molecule has 1 aromatic rings. The average molecular weight is 347 g/mol. The molecule has 0 spiro atoms. The van der Waals surface area contributed by atoms with E-state index in [-0.39, 0.29) is 22.0 Å². The van der Waals surface area contributed by atoms with Gasteiger partial charge < -0.3 is 10.4 Å². The number of rotatable bonds is 5. The van der Waals surface area contributed by atoms with Gasteiger partial charge >= 0.3 is 0 Å². The number of aliphatic hydroxyl groups excluding tert-OH is 1. The molecule has 1 fully saturated rings. The van der Waals surface area contributed by atoms with Crippen molar-refractivity contribution in [3.05, 3.63) is 28.8 Å². The number of halogens is 1. The number of aliphatic hydroxyl groups is 1. The summed E-state index contributed by atoms with van der Waals surface area (Å²) < 4.78 is 26.4. The van der Waals surface area contributed by atoms with E-state index in [0.29, 0.717) is 13.1 Å². The van der Waals surface area contributed by atoms with Crippen LogP contribution in [0.2, 0.25) is 5.02 Å². The van der Waals surface area contributed by atoms with E-state index in [4.69, 9.17) is 11.6 Å². The maximum atomic E-state index is 12.5. The Labute approximate surface area is 135 Å². The van der Waals surface area contributed by atoms with Gasteiger partial charge in [0.25, 0.3) is 5.91 Å². The van der Waals surface area contributed by atoms with Gasteiger partial charge in [-0.05, 0) is 38.0 Å². The zero-order valence-corrected chi connectivity index (χ0v) is 13.8. The number of hydrogen-bond acceptors (Lipinski definition) is 4. The fourth-order valence-corrected chi connectivity index (χ4v) is 4.00. The van der Waals surface area contributed by atoms with Crippen LogP contribution in [0.3, 0.4) is 0 Å². The van der Waals surface area contributed by atoms with Gasteiger partial charge in [-0.2, -0.15) is 4.31 Å². The third kappa shape index (κ3) is 3.78. The summed E-state index contributed by atoms with van der Waals surface area (Å²) in [6.07, 6.45) is 0.988. The van der Waals surface area contributed by atoms with Gasteiger partial charge in [-0.25, -0.2) is 8.42 Å². The first kappa shape index (κ1) is 17.2. The number of nitrogens with zero attached hydrogens (tertiary/aromatic N) is 1. The largest absolute Gasteiger partial charge is 0.392 e. The predicted octanol–water partition coefficient (Wildman–Crippen LogP) is 1.24. The molecule has 0 aliphatic carbocycles. The zero-order valence-electron chi connectivity index (χ0n) is 12.3. The van der Waals surface area contributed by atoms with Crippen molar-refractivity contribution in [2.75, 3.05) is 19.6 Å². The summed E-state index contributed by atoms with van der Waals surface area (Å²) in [4.78, 5) is 12.1. The number of sulfonamides is 1. The molecule has 8 heteroatoms. The molecular weight excluding hydrogens is 328 g/mol. The van der Waals surface area contributed by atoms with Crippen molar-refractivity contribution < 1.29 is 18.3 Å². The van der Waals surface area contributed by atoms with E-state index in [2.05, 4.69) is 5.32 Å². The lowest BCUT2D eigenvalue weighted by molar-refractivity contribution is 0.0924. The van der Waals surface area contributed by atoms with Crippen LogP contribution in [-0.4, -0.2) is 49.5 Å². The maximum Gasteiger partial charge on any atom is 0.252 e. The van der Waals surface area contributed by atoms with Crippen LogP contribution in [0.15, 0.2) is 23.1 Å². The first-order chi connectivity index (χ1) is 10.3. The SMILES string of the molecule is CC(O)CNC(=O)c1cc(S(=O)(=O)N2CCCC2)ccc1Cl. The van der Waals surface area contributed by atoms with Crippen LogP contribution in [0.4, 0.5) is 0 Å². The van der Waals surface area contributed by atoms with Crippen LogP contribution in [0, 0.1) is 0 Å². The highest BCUT2D eigenvalue weighted by atomic mass is 35.5. The fraction of sp³-hybridized carbons (Fsp3) is 0.500. The van der Waals surface area contributed by atoms with Gasteiger partial charge in [-0.3, -0.25) is 4.79 Å². The Bertz CT molecular complexity index is 655. The molecule has 2 rings (SSSR count). The summed E-state index contributed by atoms with van der Waals surface area (Å²) in [5.74, 6) is -0.510. The first-order valence-corrected chi connectivity index (χ1v) is 8.90. The molecule has 0 radical (unpaired) electrons. The van der Waals surface area contributed by atoms with E-state index < -0.39 is 22.0 Å². The van der Waals surface area contributed by atoms with Crippen LogP contribution in [0.25, 0.3) is 0 Å². The lowest BCUT2D eigenvalue weighted by Gasteiger charge is -2.16. The van der Waals surface area contributed by atoms with E-state index >= 15 is 0 Å². The smallest absolute Gasteiger partial charge is 0.252 e. The van der Waals surface area contributed by atoms with Crippen molar-refractivity contribution in [2.45, 2.75) is 30.8 Å². The van der Waals surface area contributed by atoms with E-state index in [9.17, 15) is 18.3 Å². The van der Waals surface area contributed by atoms with Gasteiger partial charge in [0.05, 0.1) is 21.6 Å². The van der Waals surface area contributed by atoms with E-state index in [1.807, 2.05) is 0 Å². The van der Waals surface area contributed by atoms with Crippen molar-refractivity contribution in [3.8, 4) is 0 Å². The standard InChI is InChI=1S/C14H19ClN2O4S/c1-10(18)9-16-14(19)12-8-11(4-5-13(12)15)22(20,21)17-6-2-3-7-17/h4-5,8,10,18H,2-3,6-7,9H2,1H3,(H,16,19). The molecule has 1 heterocycles. The number of carbonyl (C=O) groups is 1. The van der Waals surface area contributed by atoms with Crippen molar-refractivity contribution in [1.82, 2.24) is 9.62 Å². The maximum absolute atomic E-state index is 12.5. The summed E-state index contributed by atoms with van der Waals surface area (Å²) >= 11 is 5.98. The molecule has 0 aromatic heterocycles. The minimum absolute atomic E-state index is 0.0565. The quantitative estimate of drug-likeness (QED) is 0.839. The molecule has 1 unspecified atom stereocenters. The average Bonchev–Trinajstić information content (AvgIpc) is 2.99. The van der Waals surface area contributed by atoms with Crippen molar-refractivity contribution in [1.29, 1.82) is 0 Å². The van der Waals surface area contributed by atoms with Crippen LogP contribution in [0.1, 0.15) is 30.1 Å². The zero-order chi connectivity index (χ0) is 16.3. The Morgan fingerprint density at radius 1 is 1.41 bits per heavy atom. The van der Waals surface area contributed by atoms with E-state index in [1.165, 1.54) is 29.4 Å². The van der Waals surface area contributed by atoms with Gasteiger partial charge in [-0.15, -0.1) is 0 Å². The normalized spacial score (nSPS) is 17.4. The highest BCUT2D eigenvalue weighted by molar-refractivity contribution is 7.89. The molecule has 1 atom stereocenters. The molecule has 122 valence electrons. The number of hydrogen-bond donors (Lipinski definition) is 2. The van der Waals surface area contributed by atoms with E-state index in [1.54, 1.807) is 0 Å². The van der Waals surface area contributed by atoms with Gasteiger partial charge in [0.1, 0.15) is 0 Å². The van der Waals surface area contributed by atoms with Gasteiger partial charge in [-0.1, -0.05) is 11.6 Å². The highest BCUT2D eigenvalue weighted by Gasteiger charge is 2.28. The summed E-state index contributed by atoms with van der Waals surface area (Å²) in [5.41, 5.74) is 0.0857. The molecule has 0 bridgehead atoms. The molecular formula is C14H19ClN2O4S. The predicted molar refractivity (Wildman–Crippen MR) is 83.5 cm³/mol. The second kappa shape index (κ2) is 6.95. The fourth-order valence-electron chi connectivity index (χ4n) is 2.25. The molecule has 1 aromatic carbocycles. The second-order valence-corrected chi connectivity index (χ2v) is 7.66. The van der Waals surface area contributed by atoms with Gasteiger partial charge in [0.15, 0.2) is 0 Å². The molecule has 6 nitrogen and oxygen atoms in total. The van der Waals surface area contributed by atoms with Crippen molar-refractivity contribution in [3.63, 3.8) is 0 Å². The Balaban J connectivity index is 2.28. The van der Waals surface area contributed by atoms with E-state index in [0.717, 1.165) is 12.8 Å². The number of amides is 1. The monoisotopic (exact) mass is 346 g/mol. The van der Waals surface area contributed by atoms with Crippen molar-refractivity contribution in [2.24, 2.45) is 0 Å². The Morgan fingerprint density at radius 2 is 2.05 bits per heavy atom. The number of nitrogens with one attached hydrogen (secondary N) is 1. The topological polar surface area (TPSA) is 86.7 Å². The highest BCUT2D eigenvalue weighted by Crippen LogP contribution is 2.25. The lowest BCUT2D eigenvalue weighted by atomic mass is 10.2. The van der Waals surface area contributed by atoms with Gasteiger partial charge in [0.2, 0.25) is 10.0 Å². The molecule has 1 aliphatic rings. The molecule has 1 aliphatic heterocycles. The summed E-state index contributed by atoms with van der Waals surface area (Å²) in [7, 11) is -3.60. The molecule has 2 N–H and O–H groups in total. The second-order valence-electron chi connectivity index (χ2n) is 5.31. The summed E-state index contributed by atoms with van der Waals surface area (Å²) in [6.45, 7) is 2.59. The van der Waals surface area contributed by atoms with Crippen LogP contribution in [0.5, 0.6) is 0 Å². The van der Waals surface area contributed by atoms with Crippen LogP contribution in [-0.2, 0) is 10.0 Å². The van der Waals surface area contributed by atoms with Crippen LogP contribution >= 0.6 is 11.6 Å². The number of carbonyl (C=O) groups excluding carboxylic acids is 1. The molecule has 1 amide bonds. The lowest BCUT2D eigenvalue weighted by Crippen LogP contribution is -2.31. The Morgan fingerprint density at radius 3 is 2.64 bits per heavy atom. The molecule has 0 saturated carbocycles. The van der Waals surface area contributed by atoms with Crippen molar-refractivity contribution >= 4 is 27.5 Å². The third-order valence-corrected chi connectivity index (χ3v) is 5.67. The minimum atomic E-state index is -3.60. The van der Waals surface area contributed by atoms with Crippen LogP contribution < -0.4 is 5.32 Å². The molecule has 1 saturated heterocycles. The Kier molecular flexibility index (Phi) is 5.44. The van der Waals surface area contributed by atoms with Gasteiger partial charge in [0, 0.05) is 19.6 Å².